The Hall–Kier alpha value is -1.74. The van der Waals surface area contributed by atoms with Gasteiger partial charge in [-0.3, -0.25) is 4.79 Å². The lowest BCUT2D eigenvalue weighted by molar-refractivity contribution is -0.284. The number of nitrogens with zero attached hydrogens (tertiary/aromatic N) is 1. The number of alkyl halides is 5. The molecule has 3 unspecified atom stereocenters. The molecule has 2 N–H and O–H groups in total. The smallest absolute Gasteiger partial charge is 0.453 e. The number of aliphatic hydroxyl groups is 1. The summed E-state index contributed by atoms with van der Waals surface area (Å²) in [7, 11) is 1.76. The van der Waals surface area contributed by atoms with Crippen molar-refractivity contribution in [2.24, 2.45) is 29.1 Å². The molecule has 4 nitrogen and oxygen atoms in total. The van der Waals surface area contributed by atoms with E-state index in [2.05, 4.69) is 13.0 Å². The predicted octanol–water partition coefficient (Wildman–Crippen LogP) is 7.26. The third-order valence-electron chi connectivity index (χ3n) is 11.4. The van der Waals surface area contributed by atoms with Crippen LogP contribution < -0.4 is 0 Å². The van der Waals surface area contributed by atoms with Crippen LogP contribution in [0.25, 0.3) is 0 Å². The molecule has 0 radical (unpaired) electrons. The predicted molar refractivity (Wildman–Crippen MR) is 146 cm³/mol. The maximum Gasteiger partial charge on any atom is 0.453 e. The molecule has 1 aromatic rings. The second kappa shape index (κ2) is 11.1. The average Bonchev–Trinajstić information content (AvgIpc) is 3.28. The van der Waals surface area contributed by atoms with Gasteiger partial charge in [-0.2, -0.15) is 22.0 Å². The van der Waals surface area contributed by atoms with Gasteiger partial charge in [-0.15, -0.1) is 0 Å². The summed E-state index contributed by atoms with van der Waals surface area (Å²) in [5.74, 6) is -2.65. The van der Waals surface area contributed by atoms with Crippen molar-refractivity contribution in [3.63, 3.8) is 0 Å². The fourth-order valence-electron chi connectivity index (χ4n) is 9.43. The van der Waals surface area contributed by atoms with Crippen LogP contribution in [0, 0.1) is 29.1 Å². The van der Waals surface area contributed by atoms with Crippen molar-refractivity contribution >= 4 is 5.78 Å². The van der Waals surface area contributed by atoms with E-state index in [0.29, 0.717) is 36.6 Å². The van der Waals surface area contributed by atoms with Crippen LogP contribution in [0.2, 0.25) is 0 Å². The maximum atomic E-state index is 13.2. The fraction of sp³-hybridized carbons (Fsp3) is 0.781. The summed E-state index contributed by atoms with van der Waals surface area (Å²) < 4.78 is 63.5. The Bertz CT molecular complexity index is 1130. The first-order chi connectivity index (χ1) is 19.2. The van der Waals surface area contributed by atoms with Gasteiger partial charge in [-0.05, 0) is 118 Å². The summed E-state index contributed by atoms with van der Waals surface area (Å²) in [6.45, 7) is 3.06. The number of fused-ring (bicyclic) bond motifs is 7. The quantitative estimate of drug-likeness (QED) is 0.224. The molecule has 0 amide bonds. The summed E-state index contributed by atoms with van der Waals surface area (Å²) in [4.78, 5) is 14.2. The summed E-state index contributed by atoms with van der Waals surface area (Å²) >= 11 is 0. The zero-order valence-electron chi connectivity index (χ0n) is 24.2. The van der Waals surface area contributed by atoms with E-state index in [1.807, 2.05) is 11.0 Å². The Morgan fingerprint density at radius 3 is 2.54 bits per heavy atom. The first kappa shape index (κ1) is 30.7. The number of hydrogen-bond acceptors (Lipinski definition) is 4. The van der Waals surface area contributed by atoms with E-state index < -0.39 is 24.1 Å². The zero-order chi connectivity index (χ0) is 29.8. The molecule has 3 fully saturated rings. The number of hydrogen-bond donors (Lipinski definition) is 2. The maximum absolute atomic E-state index is 13.2. The minimum atomic E-state index is -5.50. The monoisotopic (exact) mass is 585 g/mol. The highest BCUT2D eigenvalue weighted by molar-refractivity contribution is 5.83. The molecule has 7 atom stereocenters. The Morgan fingerprint density at radius 2 is 1.80 bits per heavy atom. The number of Topliss-reactive ketones (excluding diaryl/α,β-unsaturated/α-hetero) is 1. The third-order valence-corrected chi connectivity index (χ3v) is 11.4. The van der Waals surface area contributed by atoms with E-state index >= 15 is 0 Å². The van der Waals surface area contributed by atoms with E-state index in [4.69, 9.17) is 0 Å². The molecule has 9 heteroatoms. The highest BCUT2D eigenvalue weighted by atomic mass is 19.4. The van der Waals surface area contributed by atoms with Crippen LogP contribution in [0.1, 0.15) is 94.6 Å². The van der Waals surface area contributed by atoms with Crippen LogP contribution in [0.3, 0.4) is 0 Å². The second-order valence-electron chi connectivity index (χ2n) is 13.8. The molecule has 3 saturated carbocycles. The SMILES string of the molecule is CN(CCCCC[C@H]1C[C@@]2(C)C(C[C@H]3CC(=O)C[C@]32O)C2CCc3cc(O)ccc3C21)CCCC(F)(F)C(F)(F)F. The largest absolute Gasteiger partial charge is 0.508 e. The van der Waals surface area contributed by atoms with Crippen molar-refractivity contribution in [1.82, 2.24) is 4.90 Å². The van der Waals surface area contributed by atoms with Crippen molar-refractivity contribution in [2.75, 3.05) is 20.1 Å². The zero-order valence-corrected chi connectivity index (χ0v) is 24.2. The second-order valence-corrected chi connectivity index (χ2v) is 13.8. The molecule has 4 aliphatic carbocycles. The number of phenolic OH excluding ortho intramolecular Hbond substituents is 1. The van der Waals surface area contributed by atoms with Crippen molar-refractivity contribution in [3.8, 4) is 5.75 Å². The van der Waals surface area contributed by atoms with E-state index in [0.717, 1.165) is 51.4 Å². The number of benzene rings is 1. The van der Waals surface area contributed by atoms with Crippen LogP contribution in [0.4, 0.5) is 22.0 Å². The van der Waals surface area contributed by atoms with Gasteiger partial charge in [-0.25, -0.2) is 0 Å². The van der Waals surface area contributed by atoms with E-state index in [1.165, 1.54) is 11.1 Å². The van der Waals surface area contributed by atoms with E-state index in [1.54, 1.807) is 13.1 Å². The molecule has 41 heavy (non-hydrogen) atoms. The molecular weight excluding hydrogens is 541 g/mol. The normalized spacial score (nSPS) is 34.9. The van der Waals surface area contributed by atoms with E-state index in [9.17, 15) is 37.0 Å². The van der Waals surface area contributed by atoms with Crippen LogP contribution >= 0.6 is 0 Å². The first-order valence-electron chi connectivity index (χ1n) is 15.4. The Balaban J connectivity index is 1.21. The number of aryl methyl sites for hydroxylation is 1. The van der Waals surface area contributed by atoms with Gasteiger partial charge in [-0.1, -0.05) is 25.8 Å². The fourth-order valence-corrected chi connectivity index (χ4v) is 9.43. The summed E-state index contributed by atoms with van der Waals surface area (Å²) in [6, 6.07) is 5.76. The number of ketones is 1. The number of unbranched alkanes of at least 4 members (excludes halogenated alkanes) is 2. The van der Waals surface area contributed by atoms with Crippen molar-refractivity contribution in [1.29, 1.82) is 0 Å². The van der Waals surface area contributed by atoms with Crippen molar-refractivity contribution in [2.45, 2.75) is 108 Å². The molecule has 230 valence electrons. The third kappa shape index (κ3) is 5.54. The molecule has 0 aromatic heterocycles. The average molecular weight is 586 g/mol. The van der Waals surface area contributed by atoms with Crippen LogP contribution in [-0.2, 0) is 11.2 Å². The molecular formula is C32H44F5NO3. The van der Waals surface area contributed by atoms with Gasteiger partial charge in [0.15, 0.2) is 0 Å². The minimum absolute atomic E-state index is 0.0391. The summed E-state index contributed by atoms with van der Waals surface area (Å²) in [5, 5.41) is 22.1. The van der Waals surface area contributed by atoms with Crippen molar-refractivity contribution < 1.29 is 37.0 Å². The lowest BCUT2D eigenvalue weighted by Gasteiger charge is -2.56. The van der Waals surface area contributed by atoms with Gasteiger partial charge in [0.25, 0.3) is 0 Å². The number of carbonyl (C=O) groups excluding carboxylic acids is 1. The number of aromatic hydroxyl groups is 1. The van der Waals surface area contributed by atoms with Crippen LogP contribution in [0.15, 0.2) is 18.2 Å². The van der Waals surface area contributed by atoms with Gasteiger partial charge in [0.1, 0.15) is 11.5 Å². The highest BCUT2D eigenvalue weighted by Crippen LogP contribution is 2.70. The Labute approximate surface area is 239 Å². The van der Waals surface area contributed by atoms with Gasteiger partial charge < -0.3 is 15.1 Å². The summed E-state index contributed by atoms with van der Waals surface area (Å²) in [5.41, 5.74) is 1.30. The lowest BCUT2D eigenvalue weighted by atomic mass is 9.49. The molecule has 0 aliphatic heterocycles. The molecule has 0 bridgehead atoms. The van der Waals surface area contributed by atoms with Gasteiger partial charge >= 0.3 is 12.1 Å². The van der Waals surface area contributed by atoms with Gasteiger partial charge in [0.05, 0.1) is 5.60 Å². The number of rotatable bonds is 10. The number of halogens is 5. The Kier molecular flexibility index (Phi) is 8.29. The topological polar surface area (TPSA) is 60.8 Å². The molecule has 0 spiro atoms. The summed E-state index contributed by atoms with van der Waals surface area (Å²) in [6.07, 6.45) is 1.23. The molecule has 0 heterocycles. The van der Waals surface area contributed by atoms with Gasteiger partial charge in [0, 0.05) is 24.7 Å². The number of phenols is 1. The lowest BCUT2D eigenvalue weighted by Crippen LogP contribution is -2.54. The molecule has 0 saturated heterocycles. The van der Waals surface area contributed by atoms with E-state index in [-0.39, 0.29) is 42.3 Å². The molecule has 5 rings (SSSR count). The van der Waals surface area contributed by atoms with Crippen LogP contribution in [0.5, 0.6) is 5.75 Å². The van der Waals surface area contributed by atoms with Crippen molar-refractivity contribution in [3.05, 3.63) is 29.3 Å². The van der Waals surface area contributed by atoms with Crippen LogP contribution in [-0.4, -0.2) is 58.7 Å². The standard InChI is InChI=1S/C32H44F5NO3/c1-29-18-21(7-4-3-5-13-38(2)14-6-12-31(33,34)32(35,36)37)28-25-11-9-23(39)15-20(25)8-10-26(28)27(29)17-22-16-24(40)19-30(22,29)41/h9,11,15,21-22,26-28,39,41H,3-8,10,12-14,16-19H2,1-2H3/t21-,22+,26?,27?,28?,29-,30-/m0/s1. The molecule has 4 aliphatic rings. The number of carbonyl (C=O) groups is 1. The minimum Gasteiger partial charge on any atom is -0.508 e. The highest BCUT2D eigenvalue weighted by Gasteiger charge is 2.69. The molecule has 1 aromatic carbocycles. The Morgan fingerprint density at radius 1 is 1.07 bits per heavy atom. The van der Waals surface area contributed by atoms with Gasteiger partial charge in [0.2, 0.25) is 0 Å². The first-order valence-corrected chi connectivity index (χ1v) is 15.4.